The number of aromatic carboxylic acids is 1. The summed E-state index contributed by atoms with van der Waals surface area (Å²) in [7, 11) is 0. The second-order valence-electron chi connectivity index (χ2n) is 4.86. The molecule has 2 aromatic heterocycles. The summed E-state index contributed by atoms with van der Waals surface area (Å²) in [5.41, 5.74) is 0.202. The Morgan fingerprint density at radius 2 is 1.95 bits per heavy atom. The lowest BCUT2D eigenvalue weighted by atomic mass is 10.3. The molecule has 3 heterocycles. The van der Waals surface area contributed by atoms with Gasteiger partial charge in [-0.15, -0.1) is 22.6 Å². The zero-order chi connectivity index (χ0) is 14.8. The maximum absolute atomic E-state index is 11.2. The van der Waals surface area contributed by atoms with Gasteiger partial charge in [0.25, 0.3) is 0 Å². The third kappa shape index (κ3) is 3.23. The summed E-state index contributed by atoms with van der Waals surface area (Å²) in [5, 5.41) is 18.9. The highest BCUT2D eigenvalue weighted by Gasteiger charge is 2.20. The van der Waals surface area contributed by atoms with Crippen LogP contribution in [0.4, 0.5) is 5.13 Å². The van der Waals surface area contributed by atoms with E-state index in [0.717, 1.165) is 37.9 Å². The van der Waals surface area contributed by atoms with Crippen LogP contribution in [0.3, 0.4) is 0 Å². The van der Waals surface area contributed by atoms with Gasteiger partial charge < -0.3 is 14.9 Å². The zero-order valence-electron chi connectivity index (χ0n) is 12.2. The second kappa shape index (κ2) is 7.08. The lowest BCUT2D eigenvalue weighted by Crippen LogP contribution is -2.46. The third-order valence-electron chi connectivity index (χ3n) is 3.67. The standard InChI is InChI=1S/C13H17N5O2S.ClH/c1-2-16-6-8-17(9-7-16)12-14-15-13(21-12)18-5-3-4-10(18)11(19)20;/h3-5H,2,6-9H2,1H3,(H,19,20);1H. The van der Waals surface area contributed by atoms with E-state index >= 15 is 0 Å². The predicted octanol–water partition coefficient (Wildman–Crippen LogP) is 1.59. The Labute approximate surface area is 138 Å². The van der Waals surface area contributed by atoms with Gasteiger partial charge in [-0.25, -0.2) is 4.79 Å². The molecule has 0 aromatic carbocycles. The van der Waals surface area contributed by atoms with Crippen LogP contribution in [0.15, 0.2) is 18.3 Å². The molecule has 0 amide bonds. The molecule has 2 aromatic rings. The number of carbonyl (C=O) groups is 1. The molecule has 0 spiro atoms. The first-order valence-corrected chi connectivity index (χ1v) is 7.72. The van der Waals surface area contributed by atoms with E-state index in [1.165, 1.54) is 11.3 Å². The number of hydrogen-bond acceptors (Lipinski definition) is 6. The van der Waals surface area contributed by atoms with Crippen LogP contribution in [0.25, 0.3) is 5.13 Å². The number of aromatic nitrogens is 3. The van der Waals surface area contributed by atoms with Gasteiger partial charge in [-0.05, 0) is 18.7 Å². The first-order chi connectivity index (χ1) is 10.2. The molecule has 0 saturated carbocycles. The molecule has 120 valence electrons. The average molecular weight is 344 g/mol. The number of likely N-dealkylation sites (N-methyl/N-ethyl adjacent to an activating group) is 1. The highest BCUT2D eigenvalue weighted by Crippen LogP contribution is 2.25. The largest absolute Gasteiger partial charge is 0.477 e. The van der Waals surface area contributed by atoms with E-state index in [2.05, 4.69) is 26.9 Å². The molecule has 1 N–H and O–H groups in total. The molecular weight excluding hydrogens is 326 g/mol. The highest BCUT2D eigenvalue weighted by atomic mass is 35.5. The van der Waals surface area contributed by atoms with Crippen LogP contribution in [0.1, 0.15) is 17.4 Å². The van der Waals surface area contributed by atoms with E-state index in [1.54, 1.807) is 22.9 Å². The van der Waals surface area contributed by atoms with Crippen LogP contribution in [0.5, 0.6) is 0 Å². The van der Waals surface area contributed by atoms with Crippen LogP contribution in [-0.4, -0.2) is 63.5 Å². The van der Waals surface area contributed by atoms with Gasteiger partial charge in [0.15, 0.2) is 0 Å². The lowest BCUT2D eigenvalue weighted by molar-refractivity contribution is 0.0688. The summed E-state index contributed by atoms with van der Waals surface area (Å²) < 4.78 is 1.56. The van der Waals surface area contributed by atoms with Crippen molar-refractivity contribution in [2.24, 2.45) is 0 Å². The van der Waals surface area contributed by atoms with Crippen molar-refractivity contribution in [2.75, 3.05) is 37.6 Å². The van der Waals surface area contributed by atoms with Crippen molar-refractivity contribution in [3.63, 3.8) is 0 Å². The van der Waals surface area contributed by atoms with Gasteiger partial charge in [0.2, 0.25) is 10.3 Å². The molecule has 9 heteroatoms. The Kier molecular flexibility index (Phi) is 5.38. The van der Waals surface area contributed by atoms with E-state index in [4.69, 9.17) is 5.11 Å². The van der Waals surface area contributed by atoms with Crippen LogP contribution in [0.2, 0.25) is 0 Å². The van der Waals surface area contributed by atoms with Gasteiger partial charge in [0.1, 0.15) is 5.69 Å². The summed E-state index contributed by atoms with van der Waals surface area (Å²) in [5.74, 6) is -0.965. The first kappa shape index (κ1) is 16.7. The number of piperazine rings is 1. The number of carboxylic acids is 1. The first-order valence-electron chi connectivity index (χ1n) is 6.91. The van der Waals surface area contributed by atoms with Crippen LogP contribution >= 0.6 is 23.7 Å². The van der Waals surface area contributed by atoms with Gasteiger partial charge in [0, 0.05) is 32.4 Å². The molecule has 0 bridgehead atoms. The maximum atomic E-state index is 11.2. The Bertz CT molecular complexity index is 636. The smallest absolute Gasteiger partial charge is 0.352 e. The fourth-order valence-corrected chi connectivity index (χ4v) is 3.31. The topological polar surface area (TPSA) is 74.5 Å². The number of halogens is 1. The van der Waals surface area contributed by atoms with E-state index in [-0.39, 0.29) is 18.1 Å². The number of anilines is 1. The fourth-order valence-electron chi connectivity index (χ4n) is 2.41. The highest BCUT2D eigenvalue weighted by molar-refractivity contribution is 7.17. The van der Waals surface area contributed by atoms with Gasteiger partial charge in [0.05, 0.1) is 0 Å². The minimum absolute atomic E-state index is 0. The SMILES string of the molecule is CCN1CCN(c2nnc(-n3cccc3C(=O)O)s2)CC1.Cl. The van der Waals surface area contributed by atoms with Crippen molar-refractivity contribution >= 4 is 34.8 Å². The van der Waals surface area contributed by atoms with Crippen molar-refractivity contribution < 1.29 is 9.90 Å². The van der Waals surface area contributed by atoms with Gasteiger partial charge in [-0.1, -0.05) is 18.3 Å². The number of hydrogen-bond donors (Lipinski definition) is 1. The van der Waals surface area contributed by atoms with Crippen LogP contribution < -0.4 is 4.90 Å². The summed E-state index contributed by atoms with van der Waals surface area (Å²) in [6.45, 7) is 7.14. The van der Waals surface area contributed by atoms with Crippen LogP contribution in [0, 0.1) is 0 Å². The molecule has 1 fully saturated rings. The minimum atomic E-state index is -0.965. The molecule has 7 nitrogen and oxygen atoms in total. The molecule has 1 saturated heterocycles. The summed E-state index contributed by atoms with van der Waals surface area (Å²) in [6, 6.07) is 3.26. The average Bonchev–Trinajstić information content (AvgIpc) is 3.16. The number of nitrogens with zero attached hydrogens (tertiary/aromatic N) is 5. The van der Waals surface area contributed by atoms with Gasteiger partial charge in [-0.2, -0.15) is 0 Å². The molecule has 0 aliphatic carbocycles. The maximum Gasteiger partial charge on any atom is 0.352 e. The molecule has 3 rings (SSSR count). The summed E-state index contributed by atoms with van der Waals surface area (Å²) in [6.07, 6.45) is 1.70. The van der Waals surface area contributed by atoms with Crippen molar-refractivity contribution in [1.29, 1.82) is 0 Å². The Morgan fingerprint density at radius 3 is 2.59 bits per heavy atom. The molecule has 1 aliphatic rings. The summed E-state index contributed by atoms with van der Waals surface area (Å²) >= 11 is 1.42. The molecule has 22 heavy (non-hydrogen) atoms. The molecule has 0 atom stereocenters. The third-order valence-corrected chi connectivity index (χ3v) is 4.65. The van der Waals surface area contributed by atoms with Gasteiger partial charge >= 0.3 is 5.97 Å². The Balaban J connectivity index is 0.00000176. The Morgan fingerprint density at radius 1 is 1.27 bits per heavy atom. The van der Waals surface area contributed by atoms with E-state index in [1.807, 2.05) is 0 Å². The zero-order valence-corrected chi connectivity index (χ0v) is 13.8. The fraction of sp³-hybridized carbons (Fsp3) is 0.462. The summed E-state index contributed by atoms with van der Waals surface area (Å²) in [4.78, 5) is 15.8. The van der Waals surface area contributed by atoms with Crippen LogP contribution in [-0.2, 0) is 0 Å². The van der Waals surface area contributed by atoms with Crippen molar-refractivity contribution in [2.45, 2.75) is 6.92 Å². The normalized spacial score (nSPS) is 15.6. The van der Waals surface area contributed by atoms with Crippen molar-refractivity contribution in [1.82, 2.24) is 19.7 Å². The van der Waals surface area contributed by atoms with E-state index in [9.17, 15) is 4.79 Å². The van der Waals surface area contributed by atoms with Crippen molar-refractivity contribution in [3.05, 3.63) is 24.0 Å². The monoisotopic (exact) mass is 343 g/mol. The van der Waals surface area contributed by atoms with Gasteiger partial charge in [-0.3, -0.25) is 4.57 Å². The molecular formula is C13H18ClN5O2S. The molecule has 0 unspecified atom stereocenters. The second-order valence-corrected chi connectivity index (χ2v) is 5.79. The number of rotatable bonds is 4. The quantitative estimate of drug-likeness (QED) is 0.908. The van der Waals surface area contributed by atoms with E-state index in [0.29, 0.717) is 5.13 Å². The predicted molar refractivity (Wildman–Crippen MR) is 87.8 cm³/mol. The molecule has 1 aliphatic heterocycles. The lowest BCUT2D eigenvalue weighted by Gasteiger charge is -2.33. The Hall–Kier alpha value is -1.64. The molecule has 0 radical (unpaired) electrons. The number of carboxylic acid groups (broad SMARTS) is 1. The van der Waals surface area contributed by atoms with E-state index < -0.39 is 5.97 Å². The van der Waals surface area contributed by atoms with Crippen molar-refractivity contribution in [3.8, 4) is 5.13 Å². The minimum Gasteiger partial charge on any atom is -0.477 e.